The third kappa shape index (κ3) is 10.1. The number of rotatable bonds is 16. The highest BCUT2D eigenvalue weighted by Crippen LogP contribution is 2.22. The van der Waals surface area contributed by atoms with Crippen molar-refractivity contribution in [3.05, 3.63) is 65.7 Å². The molecule has 0 saturated carbocycles. The molecule has 11 heteroatoms. The number of hydrogen-bond donors (Lipinski definition) is 4. The molecule has 10 nitrogen and oxygen atoms in total. The lowest BCUT2D eigenvalue weighted by atomic mass is 9.91. The smallest absolute Gasteiger partial charge is 0.326 e. The molecule has 0 aromatic heterocycles. The zero-order chi connectivity index (χ0) is 31.6. The number of carboxylic acids is 1. The molecular weight excluding hydrogens is 558 g/mol. The number of anilines is 1. The molecule has 0 saturated heterocycles. The van der Waals surface area contributed by atoms with Crippen LogP contribution in [0.2, 0.25) is 0 Å². The van der Waals surface area contributed by atoms with Crippen molar-refractivity contribution in [3.63, 3.8) is 0 Å². The topological polar surface area (TPSA) is 153 Å². The quantitative estimate of drug-likeness (QED) is 0.228. The molecule has 0 aliphatic carbocycles. The van der Waals surface area contributed by atoms with Gasteiger partial charge in [0.25, 0.3) is 5.91 Å². The Kier molecular flexibility index (Phi) is 13.0. The summed E-state index contributed by atoms with van der Waals surface area (Å²) < 4.78 is 27.2. The minimum absolute atomic E-state index is 0.0108. The van der Waals surface area contributed by atoms with E-state index in [0.29, 0.717) is 24.1 Å². The summed E-state index contributed by atoms with van der Waals surface area (Å²) in [6, 6.07) is 13.3. The summed E-state index contributed by atoms with van der Waals surface area (Å²) in [6.07, 6.45) is -0.0680. The second-order valence-electron chi connectivity index (χ2n) is 11.4. The Bertz CT molecular complexity index is 1300. The number of aliphatic hydroxyl groups excluding tert-OH is 1. The van der Waals surface area contributed by atoms with Gasteiger partial charge in [0.05, 0.1) is 23.6 Å². The Morgan fingerprint density at radius 1 is 0.929 bits per heavy atom. The van der Waals surface area contributed by atoms with E-state index in [9.17, 15) is 33.0 Å². The Labute approximate surface area is 249 Å². The Morgan fingerprint density at radius 3 is 2.14 bits per heavy atom. The molecule has 0 fully saturated rings. The molecule has 2 rings (SSSR count). The molecule has 0 heterocycles. The Morgan fingerprint density at radius 2 is 1.57 bits per heavy atom. The van der Waals surface area contributed by atoms with Crippen LogP contribution in [0.1, 0.15) is 69.8 Å². The van der Waals surface area contributed by atoms with Crippen LogP contribution in [0.4, 0.5) is 5.69 Å². The minimum atomic E-state index is -3.72. The number of nitrogens with one attached hydrogen (secondary N) is 2. The van der Waals surface area contributed by atoms with Gasteiger partial charge in [0.1, 0.15) is 6.04 Å². The number of benzene rings is 2. The standard InChI is InChI=1S/C31H45N3O7S/c1-7-21(4)28(31(38)39)33-29(36)22(5)17-27(35)26(16-20(2)3)32-30(37)24-14-11-15-25(18-24)34(6)42(40,41)19-23-12-9-8-10-13-23/h8-15,18,20-22,26-28,35H,7,16-17,19H2,1-6H3,(H,32,37)(H,33,36)(H,38,39)/t21-,22-,26+,27+,28+/m1/s1. The average molecular weight is 604 g/mol. The predicted octanol–water partition coefficient (Wildman–Crippen LogP) is 3.80. The zero-order valence-electron chi connectivity index (χ0n) is 25.3. The van der Waals surface area contributed by atoms with Crippen LogP contribution in [-0.2, 0) is 25.4 Å². The van der Waals surface area contributed by atoms with Gasteiger partial charge >= 0.3 is 5.97 Å². The number of amides is 2. The van der Waals surface area contributed by atoms with Crippen LogP contribution in [0.5, 0.6) is 0 Å². The van der Waals surface area contributed by atoms with E-state index in [1.54, 1.807) is 56.3 Å². The monoisotopic (exact) mass is 603 g/mol. The van der Waals surface area contributed by atoms with Crippen LogP contribution in [-0.4, -0.2) is 61.6 Å². The zero-order valence-corrected chi connectivity index (χ0v) is 26.1. The lowest BCUT2D eigenvalue weighted by molar-refractivity contribution is -0.144. The van der Waals surface area contributed by atoms with Crippen LogP contribution in [0, 0.1) is 17.8 Å². The number of hydrogen-bond acceptors (Lipinski definition) is 6. The highest BCUT2D eigenvalue weighted by atomic mass is 32.2. The summed E-state index contributed by atoms with van der Waals surface area (Å²) in [4.78, 5) is 37.7. The molecule has 42 heavy (non-hydrogen) atoms. The van der Waals surface area contributed by atoms with Crippen LogP contribution in [0.15, 0.2) is 54.6 Å². The Balaban J connectivity index is 2.14. The van der Waals surface area contributed by atoms with Gasteiger partial charge in [-0.25, -0.2) is 13.2 Å². The fraction of sp³-hybridized carbons (Fsp3) is 0.516. The summed E-state index contributed by atoms with van der Waals surface area (Å²) in [6.45, 7) is 9.09. The largest absolute Gasteiger partial charge is 0.480 e. The molecule has 2 aromatic rings. The van der Waals surface area contributed by atoms with Gasteiger partial charge < -0.3 is 20.8 Å². The van der Waals surface area contributed by atoms with Gasteiger partial charge in [-0.05, 0) is 48.4 Å². The molecule has 232 valence electrons. The van der Waals surface area contributed by atoms with E-state index in [1.807, 2.05) is 26.8 Å². The lowest BCUT2D eigenvalue weighted by Crippen LogP contribution is -2.49. The summed E-state index contributed by atoms with van der Waals surface area (Å²) in [7, 11) is -2.28. The van der Waals surface area contributed by atoms with E-state index in [4.69, 9.17) is 0 Å². The van der Waals surface area contributed by atoms with Gasteiger partial charge in [0.2, 0.25) is 15.9 Å². The third-order valence-corrected chi connectivity index (χ3v) is 9.15. The average Bonchev–Trinajstić information content (AvgIpc) is 2.94. The maximum Gasteiger partial charge on any atom is 0.326 e. The predicted molar refractivity (Wildman–Crippen MR) is 163 cm³/mol. The van der Waals surface area contributed by atoms with E-state index in [-0.39, 0.29) is 29.6 Å². The summed E-state index contributed by atoms with van der Waals surface area (Å²) in [5.41, 5.74) is 1.18. The van der Waals surface area contributed by atoms with Crippen molar-refractivity contribution < 1.29 is 33.0 Å². The Hall–Kier alpha value is -3.44. The van der Waals surface area contributed by atoms with Crippen LogP contribution in [0.25, 0.3) is 0 Å². The van der Waals surface area contributed by atoms with Gasteiger partial charge in [-0.15, -0.1) is 0 Å². The number of carboxylic acid groups (broad SMARTS) is 1. The van der Waals surface area contributed by atoms with E-state index < -0.39 is 51.9 Å². The van der Waals surface area contributed by atoms with Gasteiger partial charge in [0, 0.05) is 18.5 Å². The summed E-state index contributed by atoms with van der Waals surface area (Å²) in [5, 5.41) is 26.0. The first-order valence-electron chi connectivity index (χ1n) is 14.3. The van der Waals surface area contributed by atoms with Gasteiger partial charge in [-0.2, -0.15) is 0 Å². The van der Waals surface area contributed by atoms with Crippen molar-refractivity contribution >= 4 is 33.5 Å². The van der Waals surface area contributed by atoms with E-state index >= 15 is 0 Å². The molecule has 4 N–H and O–H groups in total. The molecule has 2 amide bonds. The number of nitrogens with zero attached hydrogens (tertiary/aromatic N) is 1. The SMILES string of the molecule is CC[C@@H](C)[C@H](NC(=O)[C@H](C)C[C@H](O)[C@H](CC(C)C)NC(=O)c1cccc(N(C)S(=O)(=O)Cc2ccccc2)c1)C(=O)O. The maximum atomic E-state index is 13.3. The number of carbonyl (C=O) groups is 3. The van der Waals surface area contributed by atoms with E-state index in [1.165, 1.54) is 13.1 Å². The number of carbonyl (C=O) groups excluding carboxylic acids is 2. The number of aliphatic hydroxyl groups is 1. The normalized spacial score (nSPS) is 15.2. The summed E-state index contributed by atoms with van der Waals surface area (Å²) in [5.74, 6) is -3.14. The second kappa shape index (κ2) is 15.7. The first-order valence-corrected chi connectivity index (χ1v) is 15.9. The van der Waals surface area contributed by atoms with Crippen molar-refractivity contribution in [2.75, 3.05) is 11.4 Å². The van der Waals surface area contributed by atoms with Crippen molar-refractivity contribution in [3.8, 4) is 0 Å². The molecule has 0 aliphatic heterocycles. The summed E-state index contributed by atoms with van der Waals surface area (Å²) >= 11 is 0. The number of sulfonamides is 1. The first-order chi connectivity index (χ1) is 19.7. The molecule has 0 aliphatic rings. The van der Waals surface area contributed by atoms with E-state index in [0.717, 1.165) is 4.31 Å². The molecule has 0 radical (unpaired) electrons. The molecule has 0 unspecified atom stereocenters. The molecule has 5 atom stereocenters. The first kappa shape index (κ1) is 34.8. The second-order valence-corrected chi connectivity index (χ2v) is 13.4. The molecule has 0 bridgehead atoms. The molecule has 0 spiro atoms. The van der Waals surface area contributed by atoms with Gasteiger partial charge in [-0.1, -0.05) is 77.4 Å². The minimum Gasteiger partial charge on any atom is -0.480 e. The molecule has 2 aromatic carbocycles. The fourth-order valence-corrected chi connectivity index (χ4v) is 5.81. The third-order valence-electron chi connectivity index (χ3n) is 7.41. The van der Waals surface area contributed by atoms with Crippen molar-refractivity contribution in [1.29, 1.82) is 0 Å². The van der Waals surface area contributed by atoms with E-state index in [2.05, 4.69) is 10.6 Å². The van der Waals surface area contributed by atoms with Gasteiger partial charge in [-0.3, -0.25) is 13.9 Å². The highest BCUT2D eigenvalue weighted by Gasteiger charge is 2.31. The maximum absolute atomic E-state index is 13.3. The highest BCUT2D eigenvalue weighted by molar-refractivity contribution is 7.92. The van der Waals surface area contributed by atoms with Crippen molar-refractivity contribution in [1.82, 2.24) is 10.6 Å². The molecular formula is C31H45N3O7S. The van der Waals surface area contributed by atoms with Crippen LogP contribution >= 0.6 is 0 Å². The van der Waals surface area contributed by atoms with Crippen LogP contribution in [0.3, 0.4) is 0 Å². The fourth-order valence-electron chi connectivity index (χ4n) is 4.57. The van der Waals surface area contributed by atoms with Gasteiger partial charge in [0.15, 0.2) is 0 Å². The lowest BCUT2D eigenvalue weighted by Gasteiger charge is -2.28. The van der Waals surface area contributed by atoms with Crippen molar-refractivity contribution in [2.45, 2.75) is 77.8 Å². The number of aliphatic carboxylic acids is 1. The van der Waals surface area contributed by atoms with Crippen molar-refractivity contribution in [2.24, 2.45) is 17.8 Å². The van der Waals surface area contributed by atoms with Crippen LogP contribution < -0.4 is 14.9 Å².